The molecule has 10 heteroatoms. The van der Waals surface area contributed by atoms with Crippen LogP contribution in [-0.2, 0) is 4.79 Å². The Morgan fingerprint density at radius 1 is 1.19 bits per heavy atom. The van der Waals surface area contributed by atoms with Crippen LogP contribution in [0.3, 0.4) is 0 Å². The maximum absolute atomic E-state index is 13.1. The van der Waals surface area contributed by atoms with Crippen LogP contribution in [0.2, 0.25) is 0 Å². The predicted molar refractivity (Wildman–Crippen MR) is 132 cm³/mol. The van der Waals surface area contributed by atoms with Crippen molar-refractivity contribution in [2.24, 2.45) is 5.10 Å². The molecule has 162 valence electrons. The zero-order chi connectivity index (χ0) is 22.5. The van der Waals surface area contributed by atoms with Gasteiger partial charge < -0.3 is 0 Å². The molecular formula is C22H18N4O3S3. The minimum absolute atomic E-state index is 0.0269. The van der Waals surface area contributed by atoms with Gasteiger partial charge in [0.25, 0.3) is 0 Å². The van der Waals surface area contributed by atoms with E-state index in [0.29, 0.717) is 15.8 Å². The van der Waals surface area contributed by atoms with Crippen molar-refractivity contribution in [3.8, 4) is 0 Å². The summed E-state index contributed by atoms with van der Waals surface area (Å²) in [5.74, 6) is 0.412. The number of hydrazone groups is 1. The van der Waals surface area contributed by atoms with E-state index < -0.39 is 4.92 Å². The number of thiophene rings is 1. The molecule has 0 spiro atoms. The van der Waals surface area contributed by atoms with Crippen molar-refractivity contribution >= 4 is 66.9 Å². The van der Waals surface area contributed by atoms with Gasteiger partial charge in [-0.2, -0.15) is 10.1 Å². The molecule has 0 atom stereocenters. The zero-order valence-electron chi connectivity index (χ0n) is 17.0. The van der Waals surface area contributed by atoms with Crippen molar-refractivity contribution in [1.82, 2.24) is 4.98 Å². The number of rotatable bonds is 8. The van der Waals surface area contributed by atoms with E-state index in [-0.39, 0.29) is 17.3 Å². The van der Waals surface area contributed by atoms with Gasteiger partial charge in [0.05, 0.1) is 26.2 Å². The van der Waals surface area contributed by atoms with Gasteiger partial charge in [-0.1, -0.05) is 46.9 Å². The van der Waals surface area contributed by atoms with Crippen molar-refractivity contribution in [1.29, 1.82) is 0 Å². The molecule has 32 heavy (non-hydrogen) atoms. The van der Waals surface area contributed by atoms with Crippen molar-refractivity contribution in [3.05, 3.63) is 81.2 Å². The molecule has 2 heterocycles. The molecule has 2 aromatic carbocycles. The summed E-state index contributed by atoms with van der Waals surface area (Å²) in [5, 5.41) is 17.1. The lowest BCUT2D eigenvalue weighted by Gasteiger charge is -2.13. The molecular weight excluding hydrogens is 464 g/mol. The number of thioether (sulfide) groups is 1. The Bertz CT molecular complexity index is 1280. The molecule has 0 aliphatic carbocycles. The highest BCUT2D eigenvalue weighted by Crippen LogP contribution is 2.31. The zero-order valence-corrected chi connectivity index (χ0v) is 19.5. The number of carbonyl (C=O) groups excluding carboxylic acids is 1. The molecule has 7 nitrogen and oxygen atoms in total. The number of anilines is 1. The molecule has 0 radical (unpaired) electrons. The first-order valence-corrected chi connectivity index (χ1v) is 12.3. The summed E-state index contributed by atoms with van der Waals surface area (Å²) in [4.78, 5) is 29.8. The van der Waals surface area contributed by atoms with Gasteiger partial charge in [0, 0.05) is 23.1 Å². The van der Waals surface area contributed by atoms with E-state index in [1.807, 2.05) is 55.5 Å². The Hall–Kier alpha value is -3.08. The molecule has 0 aliphatic rings. The van der Waals surface area contributed by atoms with E-state index in [1.54, 1.807) is 17.8 Å². The van der Waals surface area contributed by atoms with Gasteiger partial charge in [0.2, 0.25) is 11.0 Å². The Kier molecular flexibility index (Phi) is 6.93. The highest BCUT2D eigenvalue weighted by molar-refractivity contribution is 7.99. The quantitative estimate of drug-likeness (QED) is 0.131. The number of thiazole rings is 1. The fraction of sp³-hybridized carbons (Fsp3) is 0.136. The van der Waals surface area contributed by atoms with Crippen LogP contribution in [0.1, 0.15) is 16.9 Å². The summed E-state index contributed by atoms with van der Waals surface area (Å²) in [5.41, 5.74) is 1.91. The topological polar surface area (TPSA) is 88.7 Å². The van der Waals surface area contributed by atoms with Gasteiger partial charge in [-0.25, -0.2) is 4.98 Å². The Morgan fingerprint density at radius 3 is 2.75 bits per heavy atom. The molecule has 0 fully saturated rings. The molecule has 0 unspecified atom stereocenters. The van der Waals surface area contributed by atoms with E-state index in [9.17, 15) is 14.9 Å². The molecule has 4 rings (SSSR count). The summed E-state index contributed by atoms with van der Waals surface area (Å²) in [7, 11) is 0. The Labute approximate surface area is 196 Å². The third-order valence-corrected chi connectivity index (χ3v) is 7.35. The summed E-state index contributed by atoms with van der Waals surface area (Å²) in [6.45, 7) is 2.00. The highest BCUT2D eigenvalue weighted by atomic mass is 32.2. The van der Waals surface area contributed by atoms with Gasteiger partial charge in [-0.05, 0) is 42.8 Å². The number of carbonyl (C=O) groups is 1. The fourth-order valence-corrected chi connectivity index (χ4v) is 5.42. The van der Waals surface area contributed by atoms with Crippen molar-refractivity contribution in [3.63, 3.8) is 0 Å². The Morgan fingerprint density at radius 2 is 2.00 bits per heavy atom. The third-order valence-electron chi connectivity index (χ3n) is 4.37. The Balaban J connectivity index is 1.56. The van der Waals surface area contributed by atoms with Crippen molar-refractivity contribution < 1.29 is 9.72 Å². The molecule has 4 aromatic rings. The lowest BCUT2D eigenvalue weighted by molar-refractivity contribution is -0.380. The van der Waals surface area contributed by atoms with E-state index in [4.69, 9.17) is 0 Å². The molecule has 1 amide bonds. The largest absolute Gasteiger partial charge is 0.324 e. The van der Waals surface area contributed by atoms with Crippen LogP contribution in [0, 0.1) is 17.0 Å². The van der Waals surface area contributed by atoms with Crippen LogP contribution in [0.15, 0.2) is 70.7 Å². The number of fused-ring (bicyclic) bond motifs is 1. The SMILES string of the molecule is Cc1ccc2nc(N(/N=C/c3ccc([N+](=O)[O-])s3)C(=O)CCSc3ccccc3)sc2c1. The summed E-state index contributed by atoms with van der Waals surface area (Å²) >= 11 is 4.00. The minimum Gasteiger partial charge on any atom is -0.272 e. The lowest BCUT2D eigenvalue weighted by atomic mass is 10.2. The number of hydrogen-bond acceptors (Lipinski definition) is 8. The van der Waals surface area contributed by atoms with Crippen LogP contribution in [-0.4, -0.2) is 27.8 Å². The number of benzene rings is 2. The van der Waals surface area contributed by atoms with E-state index in [0.717, 1.165) is 32.0 Å². The monoisotopic (exact) mass is 482 g/mol. The third kappa shape index (κ3) is 5.39. The van der Waals surface area contributed by atoms with Gasteiger partial charge in [0.15, 0.2) is 0 Å². The smallest absolute Gasteiger partial charge is 0.272 e. The first-order valence-electron chi connectivity index (χ1n) is 9.66. The minimum atomic E-state index is -0.443. The number of amides is 1. The number of nitro groups is 1. The molecule has 2 aromatic heterocycles. The molecule has 0 bridgehead atoms. The van der Waals surface area contributed by atoms with Crippen LogP contribution in [0.4, 0.5) is 10.1 Å². The number of nitrogens with zero attached hydrogens (tertiary/aromatic N) is 4. The average Bonchev–Trinajstić information content (AvgIpc) is 3.41. The molecule has 0 aliphatic heterocycles. The summed E-state index contributed by atoms with van der Waals surface area (Å²) < 4.78 is 0.971. The lowest BCUT2D eigenvalue weighted by Crippen LogP contribution is -2.25. The highest BCUT2D eigenvalue weighted by Gasteiger charge is 2.19. The maximum Gasteiger partial charge on any atom is 0.324 e. The van der Waals surface area contributed by atoms with Crippen molar-refractivity contribution in [2.75, 3.05) is 10.8 Å². The second-order valence-corrected chi connectivity index (χ2v) is 10.0. The van der Waals surface area contributed by atoms with Gasteiger partial charge in [0.1, 0.15) is 0 Å². The van der Waals surface area contributed by atoms with Gasteiger partial charge >= 0.3 is 5.00 Å². The van der Waals surface area contributed by atoms with Crippen LogP contribution in [0.25, 0.3) is 10.2 Å². The van der Waals surface area contributed by atoms with Crippen LogP contribution < -0.4 is 5.01 Å². The van der Waals surface area contributed by atoms with Crippen LogP contribution >= 0.6 is 34.4 Å². The van der Waals surface area contributed by atoms with Crippen molar-refractivity contribution in [2.45, 2.75) is 18.2 Å². The first-order chi connectivity index (χ1) is 15.5. The molecule has 0 N–H and O–H groups in total. The number of aryl methyl sites for hydroxylation is 1. The number of hydrogen-bond donors (Lipinski definition) is 0. The van der Waals surface area contributed by atoms with Gasteiger partial charge in [-0.3, -0.25) is 14.9 Å². The van der Waals surface area contributed by atoms with E-state index in [2.05, 4.69) is 10.1 Å². The summed E-state index contributed by atoms with van der Waals surface area (Å²) in [6, 6.07) is 18.8. The molecule has 0 saturated carbocycles. The van der Waals surface area contributed by atoms with Crippen LogP contribution in [0.5, 0.6) is 0 Å². The average molecular weight is 483 g/mol. The fourth-order valence-electron chi connectivity index (χ4n) is 2.83. The second kappa shape index (κ2) is 10.0. The second-order valence-electron chi connectivity index (χ2n) is 6.76. The number of aromatic nitrogens is 1. The normalized spacial score (nSPS) is 11.3. The first kappa shape index (κ1) is 22.1. The van der Waals surface area contributed by atoms with E-state index >= 15 is 0 Å². The standard InChI is InChI=1S/C22H18N4O3S3/c1-15-7-9-18-19(13-15)32-22(24-18)25(23-14-17-8-10-21(31-17)26(28)29)20(27)11-12-30-16-5-3-2-4-6-16/h2-10,13-14H,11-12H2,1H3/b23-14+. The summed E-state index contributed by atoms with van der Waals surface area (Å²) in [6.07, 6.45) is 1.74. The maximum atomic E-state index is 13.1. The molecule has 0 saturated heterocycles. The van der Waals surface area contributed by atoms with Gasteiger partial charge in [-0.15, -0.1) is 11.8 Å². The predicted octanol–water partition coefficient (Wildman–Crippen LogP) is 6.12. The van der Waals surface area contributed by atoms with E-state index in [1.165, 1.54) is 28.6 Å².